The van der Waals surface area contributed by atoms with Crippen LogP contribution in [0, 0.1) is 17.8 Å². The lowest BCUT2D eigenvalue weighted by Gasteiger charge is -2.30. The second kappa shape index (κ2) is 5.40. The minimum atomic E-state index is 0.120. The number of rotatable bonds is 3. The summed E-state index contributed by atoms with van der Waals surface area (Å²) in [5.41, 5.74) is 1.11. The van der Waals surface area contributed by atoms with Crippen molar-refractivity contribution in [3.05, 3.63) is 23.9 Å². The smallest absolute Gasteiger partial charge is 0.223 e. The average Bonchev–Trinajstić information content (AvgIpc) is 2.87. The van der Waals surface area contributed by atoms with Crippen molar-refractivity contribution in [2.75, 3.05) is 26.7 Å². The normalized spacial score (nSPS) is 29.9. The molecule has 5 nitrogen and oxygen atoms in total. The van der Waals surface area contributed by atoms with Crippen molar-refractivity contribution >= 4 is 5.91 Å². The predicted octanol–water partition coefficient (Wildman–Crippen LogP) is 0.904. The van der Waals surface area contributed by atoms with Crippen LogP contribution in [-0.4, -0.2) is 42.5 Å². The highest BCUT2D eigenvalue weighted by molar-refractivity contribution is 5.79. The van der Waals surface area contributed by atoms with E-state index in [2.05, 4.69) is 21.3 Å². The molecule has 1 aromatic heterocycles. The van der Waals surface area contributed by atoms with Gasteiger partial charge >= 0.3 is 0 Å². The van der Waals surface area contributed by atoms with Crippen LogP contribution in [0.5, 0.6) is 5.88 Å². The highest BCUT2D eigenvalue weighted by Gasteiger charge is 2.41. The van der Waals surface area contributed by atoms with Crippen molar-refractivity contribution in [2.45, 2.75) is 13.5 Å². The van der Waals surface area contributed by atoms with E-state index in [1.807, 2.05) is 13.0 Å². The van der Waals surface area contributed by atoms with Crippen LogP contribution in [0.3, 0.4) is 0 Å². The molecule has 2 fully saturated rings. The molecule has 1 amide bonds. The Kier molecular flexibility index (Phi) is 3.61. The SMILES string of the molecule is COc1ncccc1CN1C[C@@H]2CNC(=O)[C@H](C)[C@@H]2C1. The Morgan fingerprint density at radius 2 is 2.35 bits per heavy atom. The molecule has 108 valence electrons. The molecular formula is C15H21N3O2. The van der Waals surface area contributed by atoms with Crippen molar-refractivity contribution in [1.29, 1.82) is 0 Å². The van der Waals surface area contributed by atoms with E-state index in [0.717, 1.165) is 31.7 Å². The average molecular weight is 275 g/mol. The Hall–Kier alpha value is -1.62. The van der Waals surface area contributed by atoms with Gasteiger partial charge in [0.05, 0.1) is 7.11 Å². The van der Waals surface area contributed by atoms with E-state index in [0.29, 0.717) is 17.7 Å². The third-order valence-electron chi connectivity index (χ3n) is 4.60. The molecule has 2 aliphatic rings. The maximum absolute atomic E-state index is 11.7. The van der Waals surface area contributed by atoms with Gasteiger partial charge in [-0.2, -0.15) is 0 Å². The van der Waals surface area contributed by atoms with Gasteiger partial charge in [0, 0.05) is 43.9 Å². The summed E-state index contributed by atoms with van der Waals surface area (Å²) < 4.78 is 5.31. The van der Waals surface area contributed by atoms with Gasteiger partial charge in [0.15, 0.2) is 0 Å². The molecule has 20 heavy (non-hydrogen) atoms. The van der Waals surface area contributed by atoms with Gasteiger partial charge in [-0.1, -0.05) is 13.0 Å². The van der Waals surface area contributed by atoms with E-state index in [1.54, 1.807) is 13.3 Å². The minimum absolute atomic E-state index is 0.120. The fourth-order valence-corrected chi connectivity index (χ4v) is 3.46. The van der Waals surface area contributed by atoms with Crippen molar-refractivity contribution in [2.24, 2.45) is 17.8 Å². The van der Waals surface area contributed by atoms with Crippen molar-refractivity contribution in [3.63, 3.8) is 0 Å². The molecular weight excluding hydrogens is 254 g/mol. The van der Waals surface area contributed by atoms with Crippen LogP contribution in [0.1, 0.15) is 12.5 Å². The predicted molar refractivity (Wildman–Crippen MR) is 75.2 cm³/mol. The topological polar surface area (TPSA) is 54.5 Å². The molecule has 3 heterocycles. The van der Waals surface area contributed by atoms with Crippen LogP contribution in [0.2, 0.25) is 0 Å². The Morgan fingerprint density at radius 3 is 3.15 bits per heavy atom. The molecule has 3 rings (SSSR count). The lowest BCUT2D eigenvalue weighted by molar-refractivity contribution is -0.128. The van der Waals surface area contributed by atoms with Gasteiger partial charge in [0.1, 0.15) is 0 Å². The second-order valence-corrected chi connectivity index (χ2v) is 5.82. The third kappa shape index (κ3) is 2.38. The molecule has 5 heteroatoms. The van der Waals surface area contributed by atoms with Gasteiger partial charge in [-0.25, -0.2) is 4.98 Å². The van der Waals surface area contributed by atoms with Crippen LogP contribution in [0.15, 0.2) is 18.3 Å². The lowest BCUT2D eigenvalue weighted by Crippen LogP contribution is -2.46. The lowest BCUT2D eigenvalue weighted by atomic mass is 9.81. The summed E-state index contributed by atoms with van der Waals surface area (Å²) in [5, 5.41) is 3.01. The zero-order valence-corrected chi connectivity index (χ0v) is 12.0. The van der Waals surface area contributed by atoms with Gasteiger partial charge in [-0.05, 0) is 17.9 Å². The number of ether oxygens (including phenoxy) is 1. The fraction of sp³-hybridized carbons (Fsp3) is 0.600. The number of carbonyl (C=O) groups is 1. The fourth-order valence-electron chi connectivity index (χ4n) is 3.46. The largest absolute Gasteiger partial charge is 0.481 e. The van der Waals surface area contributed by atoms with Crippen molar-refractivity contribution in [3.8, 4) is 5.88 Å². The molecule has 0 aliphatic carbocycles. The first kappa shape index (κ1) is 13.4. The van der Waals surface area contributed by atoms with E-state index < -0.39 is 0 Å². The van der Waals surface area contributed by atoms with E-state index >= 15 is 0 Å². The molecule has 0 bridgehead atoms. The highest BCUT2D eigenvalue weighted by Crippen LogP contribution is 2.33. The monoisotopic (exact) mass is 275 g/mol. The number of amides is 1. The first-order chi connectivity index (χ1) is 9.69. The number of pyridine rings is 1. The summed E-state index contributed by atoms with van der Waals surface area (Å²) in [5.74, 6) is 2.07. The molecule has 2 aliphatic heterocycles. The van der Waals surface area contributed by atoms with E-state index in [9.17, 15) is 4.79 Å². The number of carbonyl (C=O) groups excluding carboxylic acids is 1. The summed E-state index contributed by atoms with van der Waals surface area (Å²) in [7, 11) is 1.65. The van der Waals surface area contributed by atoms with Crippen molar-refractivity contribution < 1.29 is 9.53 Å². The summed E-state index contributed by atoms with van der Waals surface area (Å²) in [6, 6.07) is 4.00. The molecule has 0 spiro atoms. The summed E-state index contributed by atoms with van der Waals surface area (Å²) in [6.45, 7) is 5.71. The maximum Gasteiger partial charge on any atom is 0.223 e. The first-order valence-corrected chi connectivity index (χ1v) is 7.17. The van der Waals surface area contributed by atoms with Crippen LogP contribution in [0.4, 0.5) is 0 Å². The van der Waals surface area contributed by atoms with Crippen LogP contribution < -0.4 is 10.1 Å². The van der Waals surface area contributed by atoms with Gasteiger partial charge in [-0.3, -0.25) is 9.69 Å². The second-order valence-electron chi connectivity index (χ2n) is 5.82. The number of fused-ring (bicyclic) bond motifs is 1. The first-order valence-electron chi connectivity index (χ1n) is 7.17. The highest BCUT2D eigenvalue weighted by atomic mass is 16.5. The van der Waals surface area contributed by atoms with Gasteiger partial charge < -0.3 is 10.1 Å². The molecule has 0 unspecified atom stereocenters. The molecule has 2 saturated heterocycles. The Balaban J connectivity index is 1.70. The van der Waals surface area contributed by atoms with E-state index in [1.165, 1.54) is 0 Å². The molecule has 0 aromatic carbocycles. The zero-order valence-electron chi connectivity index (χ0n) is 12.0. The van der Waals surface area contributed by atoms with Crippen LogP contribution in [-0.2, 0) is 11.3 Å². The third-order valence-corrected chi connectivity index (χ3v) is 4.60. The summed E-state index contributed by atoms with van der Waals surface area (Å²) >= 11 is 0. The minimum Gasteiger partial charge on any atom is -0.481 e. The molecule has 1 N–H and O–H groups in total. The number of methoxy groups -OCH3 is 1. The quantitative estimate of drug-likeness (QED) is 0.890. The standard InChI is InChI=1S/C15H21N3O2/c1-10-13-9-18(8-12(13)6-17-14(10)19)7-11-4-3-5-16-15(11)20-2/h3-5,10,12-13H,6-9H2,1-2H3,(H,17,19)/t10-,12+,13+/m1/s1. The van der Waals surface area contributed by atoms with Crippen LogP contribution >= 0.6 is 0 Å². The number of aromatic nitrogens is 1. The van der Waals surface area contributed by atoms with Gasteiger partial charge in [-0.15, -0.1) is 0 Å². The molecule has 3 atom stereocenters. The maximum atomic E-state index is 11.7. The number of hydrogen-bond acceptors (Lipinski definition) is 4. The Labute approximate surface area is 119 Å². The number of piperidine rings is 1. The van der Waals surface area contributed by atoms with E-state index in [4.69, 9.17) is 4.74 Å². The molecule has 0 saturated carbocycles. The number of hydrogen-bond donors (Lipinski definition) is 1. The van der Waals surface area contributed by atoms with Crippen LogP contribution in [0.25, 0.3) is 0 Å². The van der Waals surface area contributed by atoms with Gasteiger partial charge in [0.2, 0.25) is 11.8 Å². The summed E-state index contributed by atoms with van der Waals surface area (Å²) in [4.78, 5) is 18.4. The molecule has 1 aromatic rings. The Morgan fingerprint density at radius 1 is 1.50 bits per heavy atom. The zero-order chi connectivity index (χ0) is 14.1. The number of likely N-dealkylation sites (tertiary alicyclic amines) is 1. The molecule has 0 radical (unpaired) electrons. The van der Waals surface area contributed by atoms with Crippen molar-refractivity contribution in [1.82, 2.24) is 15.2 Å². The Bertz CT molecular complexity index is 506. The van der Waals surface area contributed by atoms with E-state index in [-0.39, 0.29) is 11.8 Å². The van der Waals surface area contributed by atoms with Gasteiger partial charge in [0.25, 0.3) is 0 Å². The number of nitrogens with zero attached hydrogens (tertiary/aromatic N) is 2. The number of nitrogens with one attached hydrogen (secondary N) is 1. The summed E-state index contributed by atoms with van der Waals surface area (Å²) in [6.07, 6.45) is 1.75.